The molecule has 1 heterocycles. The van der Waals surface area contributed by atoms with Gasteiger partial charge in [-0.15, -0.1) is 0 Å². The lowest BCUT2D eigenvalue weighted by Crippen LogP contribution is -2.48. The maximum absolute atomic E-state index is 13.1. The third-order valence-corrected chi connectivity index (χ3v) is 4.88. The molecule has 3 fully saturated rings. The van der Waals surface area contributed by atoms with Crippen LogP contribution in [0.25, 0.3) is 0 Å². The van der Waals surface area contributed by atoms with Gasteiger partial charge in [0, 0.05) is 12.6 Å². The molecule has 0 spiro atoms. The van der Waals surface area contributed by atoms with Crippen molar-refractivity contribution in [2.75, 3.05) is 13.1 Å². The van der Waals surface area contributed by atoms with E-state index in [2.05, 4.69) is 0 Å². The van der Waals surface area contributed by atoms with Crippen LogP contribution >= 0.6 is 0 Å². The first-order valence-electron chi connectivity index (χ1n) is 6.89. The molecule has 19 heavy (non-hydrogen) atoms. The van der Waals surface area contributed by atoms with E-state index in [9.17, 15) is 18.0 Å². The SMILES string of the molecule is O=C(O)C1(C(F)(F)F)CCN(C(C2CC2)C2CC2)C1. The molecule has 1 unspecified atom stereocenters. The van der Waals surface area contributed by atoms with Crippen LogP contribution < -0.4 is 0 Å². The lowest BCUT2D eigenvalue weighted by Gasteiger charge is -2.31. The Morgan fingerprint density at radius 1 is 1.21 bits per heavy atom. The minimum atomic E-state index is -4.66. The van der Waals surface area contributed by atoms with E-state index in [1.165, 1.54) is 0 Å². The molecular weight excluding hydrogens is 259 g/mol. The van der Waals surface area contributed by atoms with Gasteiger partial charge in [-0.2, -0.15) is 13.2 Å². The summed E-state index contributed by atoms with van der Waals surface area (Å²) in [6, 6.07) is 0.198. The number of nitrogens with zero attached hydrogens (tertiary/aromatic N) is 1. The van der Waals surface area contributed by atoms with Gasteiger partial charge in [-0.05, 0) is 50.5 Å². The maximum Gasteiger partial charge on any atom is 0.406 e. The summed E-state index contributed by atoms with van der Waals surface area (Å²) in [4.78, 5) is 13.0. The number of carboxylic acids is 1. The monoisotopic (exact) mass is 277 g/mol. The Morgan fingerprint density at radius 3 is 2.05 bits per heavy atom. The first-order chi connectivity index (χ1) is 8.85. The molecule has 1 aliphatic heterocycles. The highest BCUT2D eigenvalue weighted by molar-refractivity contribution is 5.76. The highest BCUT2D eigenvalue weighted by Crippen LogP contribution is 2.52. The molecular formula is C13H18F3NO2. The summed E-state index contributed by atoms with van der Waals surface area (Å²) in [5, 5.41) is 9.06. The van der Waals surface area contributed by atoms with Gasteiger partial charge in [-0.3, -0.25) is 9.69 Å². The standard InChI is InChI=1S/C13H18F3NO2/c14-13(15,16)12(11(18)19)5-6-17(7-12)10(8-1-2-8)9-3-4-9/h8-10H,1-7H2,(H,18,19). The predicted octanol–water partition coefficient (Wildman–Crippen LogP) is 2.51. The van der Waals surface area contributed by atoms with E-state index in [1.807, 2.05) is 4.90 Å². The highest BCUT2D eigenvalue weighted by atomic mass is 19.4. The molecule has 0 radical (unpaired) electrons. The van der Waals surface area contributed by atoms with Gasteiger partial charge in [0.25, 0.3) is 0 Å². The van der Waals surface area contributed by atoms with E-state index in [0.29, 0.717) is 11.8 Å². The van der Waals surface area contributed by atoms with Crippen LogP contribution in [0.5, 0.6) is 0 Å². The zero-order chi connectivity index (χ0) is 13.8. The van der Waals surface area contributed by atoms with Gasteiger partial charge in [0.1, 0.15) is 0 Å². The molecule has 0 bridgehead atoms. The highest BCUT2D eigenvalue weighted by Gasteiger charge is 2.65. The van der Waals surface area contributed by atoms with Crippen LogP contribution in [0.2, 0.25) is 0 Å². The summed E-state index contributed by atoms with van der Waals surface area (Å²) in [7, 11) is 0. The predicted molar refractivity (Wildman–Crippen MR) is 61.5 cm³/mol. The van der Waals surface area contributed by atoms with Crippen molar-refractivity contribution >= 4 is 5.97 Å². The van der Waals surface area contributed by atoms with Crippen molar-refractivity contribution in [1.82, 2.24) is 4.90 Å². The molecule has 0 amide bonds. The van der Waals surface area contributed by atoms with Crippen molar-refractivity contribution in [2.24, 2.45) is 17.3 Å². The van der Waals surface area contributed by atoms with Crippen LogP contribution in [0.4, 0.5) is 13.2 Å². The Hall–Kier alpha value is -0.780. The first-order valence-corrected chi connectivity index (χ1v) is 6.89. The van der Waals surface area contributed by atoms with Crippen molar-refractivity contribution in [3.05, 3.63) is 0 Å². The number of halogens is 3. The smallest absolute Gasteiger partial charge is 0.406 e. The zero-order valence-electron chi connectivity index (χ0n) is 10.6. The third-order valence-electron chi connectivity index (χ3n) is 4.88. The Morgan fingerprint density at radius 2 is 1.74 bits per heavy atom. The first kappa shape index (κ1) is 13.2. The molecule has 6 heteroatoms. The molecule has 0 aromatic carbocycles. The second-order valence-electron chi connectivity index (χ2n) is 6.27. The molecule has 3 aliphatic rings. The van der Waals surface area contributed by atoms with E-state index in [4.69, 9.17) is 5.11 Å². The molecule has 1 saturated heterocycles. The van der Waals surface area contributed by atoms with E-state index in [0.717, 1.165) is 25.7 Å². The Kier molecular flexibility index (Phi) is 2.86. The summed E-state index contributed by atoms with van der Waals surface area (Å²) in [5.74, 6) is -0.705. The van der Waals surface area contributed by atoms with Gasteiger partial charge in [-0.25, -0.2) is 0 Å². The Bertz CT molecular complexity index is 378. The topological polar surface area (TPSA) is 40.5 Å². The summed E-state index contributed by atoms with van der Waals surface area (Å²) < 4.78 is 39.4. The molecule has 1 N–H and O–H groups in total. The lowest BCUT2D eigenvalue weighted by molar-refractivity contribution is -0.228. The van der Waals surface area contributed by atoms with Crippen molar-refractivity contribution < 1.29 is 23.1 Å². The van der Waals surface area contributed by atoms with Crippen molar-refractivity contribution in [3.8, 4) is 0 Å². The van der Waals surface area contributed by atoms with Crippen LogP contribution in [0.15, 0.2) is 0 Å². The second-order valence-corrected chi connectivity index (χ2v) is 6.27. The van der Waals surface area contributed by atoms with Crippen LogP contribution in [-0.2, 0) is 4.79 Å². The van der Waals surface area contributed by atoms with Gasteiger partial charge < -0.3 is 5.11 Å². The van der Waals surface area contributed by atoms with Gasteiger partial charge in [0.2, 0.25) is 0 Å². The number of hydrogen-bond acceptors (Lipinski definition) is 2. The fraction of sp³-hybridized carbons (Fsp3) is 0.923. The minimum absolute atomic E-state index is 0.198. The number of likely N-dealkylation sites (tertiary alicyclic amines) is 1. The number of carboxylic acid groups (broad SMARTS) is 1. The van der Waals surface area contributed by atoms with E-state index < -0.39 is 17.6 Å². The van der Waals surface area contributed by atoms with E-state index >= 15 is 0 Å². The summed E-state index contributed by atoms with van der Waals surface area (Å²) in [6.45, 7) is -0.0903. The molecule has 0 aromatic rings. The Labute approximate surface area is 109 Å². The number of hydrogen-bond donors (Lipinski definition) is 1. The van der Waals surface area contributed by atoms with Gasteiger partial charge in [0.15, 0.2) is 5.41 Å². The van der Waals surface area contributed by atoms with Crippen molar-refractivity contribution in [3.63, 3.8) is 0 Å². The molecule has 1 atom stereocenters. The molecule has 3 nitrogen and oxygen atoms in total. The number of aliphatic carboxylic acids is 1. The Balaban J connectivity index is 1.79. The lowest BCUT2D eigenvalue weighted by atomic mass is 9.86. The summed E-state index contributed by atoms with van der Waals surface area (Å²) in [5.41, 5.74) is -2.55. The number of rotatable bonds is 4. The van der Waals surface area contributed by atoms with Crippen LogP contribution in [0.1, 0.15) is 32.1 Å². The molecule has 108 valence electrons. The van der Waals surface area contributed by atoms with Gasteiger partial charge in [0.05, 0.1) is 0 Å². The van der Waals surface area contributed by atoms with Crippen molar-refractivity contribution in [1.29, 1.82) is 0 Å². The van der Waals surface area contributed by atoms with E-state index in [-0.39, 0.29) is 25.6 Å². The third kappa shape index (κ3) is 2.14. The summed E-state index contributed by atoms with van der Waals surface area (Å²) in [6.07, 6.45) is -0.617. The summed E-state index contributed by atoms with van der Waals surface area (Å²) >= 11 is 0. The number of alkyl halides is 3. The quantitative estimate of drug-likeness (QED) is 0.858. The average Bonchev–Trinajstić information content (AvgIpc) is 3.18. The number of carbonyl (C=O) groups is 1. The second kappa shape index (κ2) is 4.11. The minimum Gasteiger partial charge on any atom is -0.481 e. The van der Waals surface area contributed by atoms with Crippen molar-refractivity contribution in [2.45, 2.75) is 44.3 Å². The van der Waals surface area contributed by atoms with Crippen LogP contribution in [0.3, 0.4) is 0 Å². The largest absolute Gasteiger partial charge is 0.481 e. The normalized spacial score (nSPS) is 33.1. The zero-order valence-corrected chi connectivity index (χ0v) is 10.6. The molecule has 0 aromatic heterocycles. The maximum atomic E-state index is 13.1. The van der Waals surface area contributed by atoms with Crippen LogP contribution in [-0.4, -0.2) is 41.3 Å². The van der Waals surface area contributed by atoms with E-state index in [1.54, 1.807) is 0 Å². The molecule has 2 aliphatic carbocycles. The average molecular weight is 277 g/mol. The fourth-order valence-corrected chi connectivity index (χ4v) is 3.48. The molecule has 2 saturated carbocycles. The van der Waals surface area contributed by atoms with Gasteiger partial charge >= 0.3 is 12.1 Å². The fourth-order valence-electron chi connectivity index (χ4n) is 3.48. The molecule has 3 rings (SSSR count). The van der Waals surface area contributed by atoms with Gasteiger partial charge in [-0.1, -0.05) is 0 Å². The van der Waals surface area contributed by atoms with Crippen LogP contribution in [0, 0.1) is 17.3 Å².